The Morgan fingerprint density at radius 3 is 2.42 bits per heavy atom. The largest absolute Gasteiger partial charge is 0.235 e. The molecule has 0 amide bonds. The van der Waals surface area contributed by atoms with Crippen molar-refractivity contribution in [2.45, 2.75) is 43.6 Å². The maximum absolute atomic E-state index is 6.32. The molecular weight excluding hydrogens is 411 g/mol. The average molecular weight is 429 g/mol. The van der Waals surface area contributed by atoms with E-state index >= 15 is 0 Å². The molecule has 0 aromatic carbocycles. The zero-order chi connectivity index (χ0) is 14.2. The minimum Gasteiger partial charge on any atom is -0.235 e. The molecule has 2 nitrogen and oxygen atoms in total. The molecule has 1 saturated heterocycles. The van der Waals surface area contributed by atoms with Crippen molar-refractivity contribution in [3.63, 3.8) is 0 Å². The van der Waals surface area contributed by atoms with Crippen molar-refractivity contribution < 1.29 is 0 Å². The minimum atomic E-state index is -0.00638. The minimum absolute atomic E-state index is 0.00638. The molecular formula is C13H18ClIN2S2. The average Bonchev–Trinajstić information content (AvgIpc) is 2.31. The lowest BCUT2D eigenvalue weighted by Crippen LogP contribution is -2.23. The van der Waals surface area contributed by atoms with Gasteiger partial charge in [0.1, 0.15) is 11.0 Å². The number of rotatable bonds is 1. The highest BCUT2D eigenvalue weighted by molar-refractivity contribution is 14.1. The molecule has 106 valence electrons. The summed E-state index contributed by atoms with van der Waals surface area (Å²) < 4.78 is 0.983. The molecule has 2 unspecified atom stereocenters. The maximum Gasteiger partial charge on any atom is 0.146 e. The summed E-state index contributed by atoms with van der Waals surface area (Å²) in [6.45, 7) is 8.77. The monoisotopic (exact) mass is 428 g/mol. The second-order valence-corrected chi connectivity index (χ2v) is 9.82. The molecule has 2 heterocycles. The Kier molecular flexibility index (Phi) is 5.35. The molecule has 2 atom stereocenters. The SMILES string of the molecule is CC1SCCSC1c1nc(Cl)c(I)c(C(C)(C)C)n1. The van der Waals surface area contributed by atoms with Crippen LogP contribution in [0.25, 0.3) is 0 Å². The fourth-order valence-electron chi connectivity index (χ4n) is 1.98. The first-order chi connectivity index (χ1) is 8.80. The summed E-state index contributed by atoms with van der Waals surface area (Å²) in [5, 5.41) is 1.50. The Labute approximate surface area is 142 Å². The van der Waals surface area contributed by atoms with Crippen LogP contribution in [-0.2, 0) is 5.41 Å². The molecule has 19 heavy (non-hydrogen) atoms. The van der Waals surface area contributed by atoms with Gasteiger partial charge in [-0.05, 0) is 22.6 Å². The molecule has 1 fully saturated rings. The Morgan fingerprint density at radius 1 is 1.21 bits per heavy atom. The third kappa shape index (κ3) is 3.71. The van der Waals surface area contributed by atoms with Gasteiger partial charge in [-0.3, -0.25) is 0 Å². The number of aromatic nitrogens is 2. The van der Waals surface area contributed by atoms with Gasteiger partial charge in [0.15, 0.2) is 0 Å². The number of nitrogens with zero attached hydrogens (tertiary/aromatic N) is 2. The first-order valence-corrected chi connectivity index (χ1v) is 9.82. The fraction of sp³-hybridized carbons (Fsp3) is 0.692. The summed E-state index contributed by atoms with van der Waals surface area (Å²) in [4.78, 5) is 9.37. The molecule has 1 aromatic heterocycles. The van der Waals surface area contributed by atoms with Gasteiger partial charge < -0.3 is 0 Å². The van der Waals surface area contributed by atoms with Crippen LogP contribution in [0.2, 0.25) is 5.15 Å². The van der Waals surface area contributed by atoms with Gasteiger partial charge in [-0.2, -0.15) is 11.8 Å². The zero-order valence-electron chi connectivity index (χ0n) is 11.5. The summed E-state index contributed by atoms with van der Waals surface area (Å²) >= 11 is 12.5. The second kappa shape index (κ2) is 6.28. The van der Waals surface area contributed by atoms with E-state index in [-0.39, 0.29) is 5.41 Å². The van der Waals surface area contributed by atoms with Gasteiger partial charge in [-0.1, -0.05) is 39.3 Å². The summed E-state index contributed by atoms with van der Waals surface area (Å²) in [7, 11) is 0. The normalized spacial score (nSPS) is 24.5. The van der Waals surface area contributed by atoms with Crippen LogP contribution >= 0.6 is 57.7 Å². The fourth-order valence-corrected chi connectivity index (χ4v) is 5.89. The molecule has 1 aliphatic heterocycles. The van der Waals surface area contributed by atoms with Crippen molar-refractivity contribution in [2.75, 3.05) is 11.5 Å². The molecule has 0 spiro atoms. The molecule has 0 radical (unpaired) electrons. The standard InChI is InChI=1S/C13H18ClIN2S2/c1-7-9(19-6-5-18-7)12-16-10(13(2,3)4)8(15)11(14)17-12/h7,9H,5-6H2,1-4H3. The van der Waals surface area contributed by atoms with Crippen molar-refractivity contribution >= 4 is 57.7 Å². The van der Waals surface area contributed by atoms with Crippen LogP contribution < -0.4 is 0 Å². The Balaban J connectivity index is 2.44. The van der Waals surface area contributed by atoms with Crippen LogP contribution in [-0.4, -0.2) is 26.7 Å². The Bertz CT molecular complexity index is 476. The van der Waals surface area contributed by atoms with Crippen molar-refractivity contribution in [3.8, 4) is 0 Å². The van der Waals surface area contributed by atoms with Crippen LogP contribution in [0.15, 0.2) is 0 Å². The molecule has 2 rings (SSSR count). The van der Waals surface area contributed by atoms with Crippen LogP contribution in [0.1, 0.15) is 44.5 Å². The van der Waals surface area contributed by atoms with Crippen molar-refractivity contribution in [2.24, 2.45) is 0 Å². The van der Waals surface area contributed by atoms with Gasteiger partial charge in [-0.15, -0.1) is 11.8 Å². The predicted octanol–water partition coefficient (Wildman–Crippen LogP) is 4.94. The summed E-state index contributed by atoms with van der Waals surface area (Å²) in [5.74, 6) is 3.28. The van der Waals surface area contributed by atoms with E-state index in [2.05, 4.69) is 55.3 Å². The van der Waals surface area contributed by atoms with E-state index in [9.17, 15) is 0 Å². The smallest absolute Gasteiger partial charge is 0.146 e. The number of halogens is 2. The Morgan fingerprint density at radius 2 is 1.84 bits per heavy atom. The van der Waals surface area contributed by atoms with E-state index in [0.29, 0.717) is 15.7 Å². The lowest BCUT2D eigenvalue weighted by Gasteiger charge is -2.28. The summed E-state index contributed by atoms with van der Waals surface area (Å²) in [6, 6.07) is 0. The topological polar surface area (TPSA) is 25.8 Å². The van der Waals surface area contributed by atoms with Crippen molar-refractivity contribution in [1.82, 2.24) is 9.97 Å². The second-order valence-electron chi connectivity index (χ2n) is 5.65. The number of hydrogen-bond donors (Lipinski definition) is 0. The van der Waals surface area contributed by atoms with E-state index in [1.165, 1.54) is 5.75 Å². The van der Waals surface area contributed by atoms with Crippen LogP contribution in [0, 0.1) is 3.57 Å². The highest BCUT2D eigenvalue weighted by Gasteiger charge is 2.30. The number of hydrogen-bond acceptors (Lipinski definition) is 4. The van der Waals surface area contributed by atoms with Gasteiger partial charge in [-0.25, -0.2) is 9.97 Å². The molecule has 0 aliphatic carbocycles. The highest BCUT2D eigenvalue weighted by Crippen LogP contribution is 2.42. The molecule has 0 saturated carbocycles. The summed E-state index contributed by atoms with van der Waals surface area (Å²) in [5.41, 5.74) is 1.06. The van der Waals surface area contributed by atoms with Gasteiger partial charge in [0.25, 0.3) is 0 Å². The van der Waals surface area contributed by atoms with Crippen LogP contribution in [0.5, 0.6) is 0 Å². The van der Waals surface area contributed by atoms with Gasteiger partial charge in [0, 0.05) is 22.2 Å². The van der Waals surface area contributed by atoms with Crippen molar-refractivity contribution in [3.05, 3.63) is 20.2 Å². The summed E-state index contributed by atoms with van der Waals surface area (Å²) in [6.07, 6.45) is 0. The van der Waals surface area contributed by atoms with Crippen LogP contribution in [0.4, 0.5) is 0 Å². The van der Waals surface area contributed by atoms with E-state index in [4.69, 9.17) is 16.6 Å². The zero-order valence-corrected chi connectivity index (χ0v) is 16.1. The number of thioether (sulfide) groups is 2. The first kappa shape index (κ1) is 16.2. The van der Waals surface area contributed by atoms with E-state index in [0.717, 1.165) is 20.8 Å². The molecule has 0 bridgehead atoms. The predicted molar refractivity (Wildman–Crippen MR) is 95.6 cm³/mol. The molecule has 1 aliphatic rings. The van der Waals surface area contributed by atoms with Crippen molar-refractivity contribution in [1.29, 1.82) is 0 Å². The third-order valence-corrected chi connectivity index (χ3v) is 7.68. The van der Waals surface area contributed by atoms with Gasteiger partial charge >= 0.3 is 0 Å². The first-order valence-electron chi connectivity index (χ1n) is 6.27. The highest BCUT2D eigenvalue weighted by atomic mass is 127. The lowest BCUT2D eigenvalue weighted by atomic mass is 9.92. The molecule has 6 heteroatoms. The lowest BCUT2D eigenvalue weighted by molar-refractivity contribution is 0.556. The third-order valence-electron chi connectivity index (χ3n) is 2.98. The van der Waals surface area contributed by atoms with E-state index < -0.39 is 0 Å². The van der Waals surface area contributed by atoms with Crippen LogP contribution in [0.3, 0.4) is 0 Å². The van der Waals surface area contributed by atoms with Gasteiger partial charge in [0.2, 0.25) is 0 Å². The maximum atomic E-state index is 6.32. The molecule has 1 aromatic rings. The van der Waals surface area contributed by atoms with E-state index in [1.807, 2.05) is 23.5 Å². The molecule has 0 N–H and O–H groups in total. The Hall–Kier alpha value is 0.800. The van der Waals surface area contributed by atoms with Gasteiger partial charge in [0.05, 0.1) is 14.5 Å². The van der Waals surface area contributed by atoms with E-state index in [1.54, 1.807) is 0 Å². The quantitative estimate of drug-likeness (QED) is 0.467.